The summed E-state index contributed by atoms with van der Waals surface area (Å²) < 4.78 is 0.918. The van der Waals surface area contributed by atoms with Gasteiger partial charge in [-0.15, -0.1) is 0 Å². The highest BCUT2D eigenvalue weighted by Gasteiger charge is 2.18. The minimum absolute atomic E-state index is 0.501. The van der Waals surface area contributed by atoms with Crippen LogP contribution in [0.5, 0.6) is 0 Å². The first-order valence-corrected chi connectivity index (χ1v) is 6.17. The van der Waals surface area contributed by atoms with E-state index in [0.29, 0.717) is 17.5 Å². The second-order valence-electron chi connectivity index (χ2n) is 3.81. The van der Waals surface area contributed by atoms with Gasteiger partial charge in [0.2, 0.25) is 0 Å². The summed E-state index contributed by atoms with van der Waals surface area (Å²) in [6, 6.07) is 11.5. The lowest BCUT2D eigenvalue weighted by Gasteiger charge is -1.98. The molecule has 0 spiro atoms. The van der Waals surface area contributed by atoms with Gasteiger partial charge in [-0.2, -0.15) is 0 Å². The first kappa shape index (κ1) is 11.1. The van der Waals surface area contributed by atoms with E-state index in [2.05, 4.69) is 30.9 Å². The van der Waals surface area contributed by atoms with E-state index in [4.69, 9.17) is 5.73 Å². The molecule has 0 aliphatic carbocycles. The Bertz CT molecular complexity index is 659. The van der Waals surface area contributed by atoms with Gasteiger partial charge >= 0.3 is 0 Å². The SMILES string of the molecule is NC1=NC(=Nc2ccc(Br)cn2)c2ccccc21. The Morgan fingerprint density at radius 1 is 1.06 bits per heavy atom. The van der Waals surface area contributed by atoms with E-state index in [9.17, 15) is 0 Å². The van der Waals surface area contributed by atoms with Crippen molar-refractivity contribution in [2.24, 2.45) is 15.7 Å². The fourth-order valence-electron chi connectivity index (χ4n) is 1.76. The second kappa shape index (κ2) is 4.34. The average Bonchev–Trinajstić information content (AvgIpc) is 2.70. The Morgan fingerprint density at radius 2 is 1.83 bits per heavy atom. The molecule has 0 unspecified atom stereocenters. The number of hydrogen-bond acceptors (Lipinski definition) is 3. The first-order valence-electron chi connectivity index (χ1n) is 5.38. The molecule has 1 aromatic carbocycles. The maximum Gasteiger partial charge on any atom is 0.164 e. The summed E-state index contributed by atoms with van der Waals surface area (Å²) in [7, 11) is 0. The Kier molecular flexibility index (Phi) is 2.68. The van der Waals surface area contributed by atoms with Crippen LogP contribution in [0.15, 0.2) is 57.1 Å². The summed E-state index contributed by atoms with van der Waals surface area (Å²) in [5, 5.41) is 0. The highest BCUT2D eigenvalue weighted by atomic mass is 79.9. The molecule has 1 aromatic heterocycles. The van der Waals surface area contributed by atoms with Crippen LogP contribution >= 0.6 is 15.9 Å². The van der Waals surface area contributed by atoms with Crippen LogP contribution in [-0.2, 0) is 0 Å². The van der Waals surface area contributed by atoms with Gasteiger partial charge in [0.15, 0.2) is 11.7 Å². The molecule has 3 rings (SSSR count). The molecule has 2 aromatic rings. The van der Waals surface area contributed by atoms with Crippen LogP contribution in [0.2, 0.25) is 0 Å². The number of halogens is 1. The van der Waals surface area contributed by atoms with Gasteiger partial charge in [-0.25, -0.2) is 15.0 Å². The van der Waals surface area contributed by atoms with Crippen LogP contribution in [0.25, 0.3) is 0 Å². The van der Waals surface area contributed by atoms with Crippen molar-refractivity contribution in [3.8, 4) is 0 Å². The largest absolute Gasteiger partial charge is 0.383 e. The van der Waals surface area contributed by atoms with Crippen LogP contribution < -0.4 is 5.73 Å². The fourth-order valence-corrected chi connectivity index (χ4v) is 2.00. The molecule has 4 nitrogen and oxygen atoms in total. The highest BCUT2D eigenvalue weighted by Crippen LogP contribution is 2.21. The van der Waals surface area contributed by atoms with E-state index in [1.54, 1.807) is 6.20 Å². The Hall–Kier alpha value is -2.01. The summed E-state index contributed by atoms with van der Waals surface area (Å²) in [6.45, 7) is 0. The number of amidine groups is 2. The molecule has 0 radical (unpaired) electrons. The number of hydrogen-bond donors (Lipinski definition) is 1. The summed E-state index contributed by atoms with van der Waals surface area (Å²) in [6.07, 6.45) is 1.70. The van der Waals surface area contributed by atoms with Gasteiger partial charge < -0.3 is 5.73 Å². The predicted octanol–water partition coefficient (Wildman–Crippen LogP) is 2.64. The van der Waals surface area contributed by atoms with E-state index in [0.717, 1.165) is 15.6 Å². The molecule has 0 fully saturated rings. The zero-order valence-corrected chi connectivity index (χ0v) is 10.9. The zero-order chi connectivity index (χ0) is 12.5. The molecule has 0 saturated heterocycles. The van der Waals surface area contributed by atoms with Gasteiger partial charge in [0, 0.05) is 21.8 Å². The Labute approximate surface area is 112 Å². The van der Waals surface area contributed by atoms with E-state index in [1.807, 2.05) is 36.4 Å². The Balaban J connectivity index is 2.07. The lowest BCUT2D eigenvalue weighted by Crippen LogP contribution is -2.09. The van der Waals surface area contributed by atoms with Crippen molar-refractivity contribution in [2.45, 2.75) is 0 Å². The van der Waals surface area contributed by atoms with Crippen molar-refractivity contribution < 1.29 is 0 Å². The van der Waals surface area contributed by atoms with Gasteiger partial charge in [0.1, 0.15) is 5.84 Å². The van der Waals surface area contributed by atoms with Crippen LogP contribution in [0.3, 0.4) is 0 Å². The molecule has 0 bridgehead atoms. The molecule has 0 saturated carbocycles. The van der Waals surface area contributed by atoms with Crippen molar-refractivity contribution in [3.63, 3.8) is 0 Å². The molecule has 2 N–H and O–H groups in total. The topological polar surface area (TPSA) is 63.6 Å². The monoisotopic (exact) mass is 300 g/mol. The Morgan fingerprint density at radius 3 is 2.56 bits per heavy atom. The fraction of sp³-hybridized carbons (Fsp3) is 0. The quantitative estimate of drug-likeness (QED) is 0.880. The third-order valence-corrected chi connectivity index (χ3v) is 3.07. The zero-order valence-electron chi connectivity index (χ0n) is 9.34. The second-order valence-corrected chi connectivity index (χ2v) is 4.73. The van der Waals surface area contributed by atoms with Crippen molar-refractivity contribution >= 4 is 33.4 Å². The van der Waals surface area contributed by atoms with Crippen LogP contribution in [-0.4, -0.2) is 16.7 Å². The highest BCUT2D eigenvalue weighted by molar-refractivity contribution is 9.10. The first-order chi connectivity index (χ1) is 8.74. The van der Waals surface area contributed by atoms with Gasteiger partial charge in [0.25, 0.3) is 0 Å². The molecular weight excluding hydrogens is 292 g/mol. The number of nitrogens with zero attached hydrogens (tertiary/aromatic N) is 3. The summed E-state index contributed by atoms with van der Waals surface area (Å²) in [5.74, 6) is 1.72. The normalized spacial score (nSPS) is 15.6. The minimum Gasteiger partial charge on any atom is -0.383 e. The number of fused-ring (bicyclic) bond motifs is 1. The molecule has 88 valence electrons. The van der Waals surface area contributed by atoms with E-state index < -0.39 is 0 Å². The van der Waals surface area contributed by atoms with E-state index in [-0.39, 0.29) is 0 Å². The summed E-state index contributed by atoms with van der Waals surface area (Å²) >= 11 is 3.33. The molecule has 0 amide bonds. The van der Waals surface area contributed by atoms with Crippen LogP contribution in [0, 0.1) is 0 Å². The van der Waals surface area contributed by atoms with E-state index in [1.165, 1.54) is 0 Å². The number of pyridine rings is 1. The molecule has 0 atom stereocenters. The standard InChI is InChI=1S/C13H9BrN4/c14-8-5-6-11(16-7-8)17-13-10-4-2-1-3-9(10)12(15)18-13/h1-7H,(H2,15,16,17,18). The smallest absolute Gasteiger partial charge is 0.164 e. The van der Waals surface area contributed by atoms with Crippen molar-refractivity contribution in [1.29, 1.82) is 0 Å². The number of aromatic nitrogens is 1. The van der Waals surface area contributed by atoms with Gasteiger partial charge in [-0.3, -0.25) is 0 Å². The predicted molar refractivity (Wildman–Crippen MR) is 75.3 cm³/mol. The lowest BCUT2D eigenvalue weighted by molar-refractivity contribution is 1.25. The van der Waals surface area contributed by atoms with Crippen molar-refractivity contribution in [1.82, 2.24) is 4.98 Å². The summed E-state index contributed by atoms with van der Waals surface area (Å²) in [5.41, 5.74) is 7.72. The molecule has 1 aliphatic heterocycles. The van der Waals surface area contributed by atoms with E-state index >= 15 is 0 Å². The third-order valence-electron chi connectivity index (χ3n) is 2.60. The molecule has 2 heterocycles. The molecule has 5 heteroatoms. The van der Waals surface area contributed by atoms with Gasteiger partial charge in [0.05, 0.1) is 0 Å². The molecular formula is C13H9BrN4. The number of benzene rings is 1. The van der Waals surface area contributed by atoms with Crippen LogP contribution in [0.4, 0.5) is 5.82 Å². The number of aliphatic imine (C=N–C) groups is 2. The lowest BCUT2D eigenvalue weighted by atomic mass is 10.1. The van der Waals surface area contributed by atoms with Crippen molar-refractivity contribution in [3.05, 3.63) is 58.2 Å². The minimum atomic E-state index is 0.501. The third kappa shape index (κ3) is 1.93. The average molecular weight is 301 g/mol. The maximum atomic E-state index is 5.86. The molecule has 1 aliphatic rings. The number of rotatable bonds is 1. The van der Waals surface area contributed by atoms with Gasteiger partial charge in [-0.1, -0.05) is 24.3 Å². The van der Waals surface area contributed by atoms with Gasteiger partial charge in [-0.05, 0) is 28.1 Å². The molecule has 18 heavy (non-hydrogen) atoms. The summed E-state index contributed by atoms with van der Waals surface area (Å²) in [4.78, 5) is 12.9. The van der Waals surface area contributed by atoms with Crippen molar-refractivity contribution in [2.75, 3.05) is 0 Å². The van der Waals surface area contributed by atoms with Crippen LogP contribution in [0.1, 0.15) is 11.1 Å². The maximum absolute atomic E-state index is 5.86. The number of nitrogens with two attached hydrogens (primary N) is 1.